The van der Waals surface area contributed by atoms with Crippen molar-refractivity contribution in [3.8, 4) is 11.1 Å². The van der Waals surface area contributed by atoms with Crippen LogP contribution in [0.25, 0.3) is 11.1 Å². The predicted molar refractivity (Wildman–Crippen MR) is 166 cm³/mol. The quantitative estimate of drug-likeness (QED) is 0.210. The minimum atomic E-state index is -0.848. The number of hydrogen-bond acceptors (Lipinski definition) is 5. The molecule has 7 nitrogen and oxygen atoms in total. The number of rotatable bonds is 11. The van der Waals surface area contributed by atoms with E-state index in [9.17, 15) is 14.4 Å². The second-order valence-electron chi connectivity index (χ2n) is 11.1. The Hall–Kier alpha value is -4.91. The Labute approximate surface area is 252 Å². The molecule has 0 radical (unpaired) electrons. The standard InChI is InChI=1S/C36H36N2O5/c1-24(2)33(38-36(41)43-23-32-30-19-11-9-17-28(30)29-18-10-12-20-31(29)32)34(39)37-27(21-25-13-5-3-6-14-25)22-42-35(40)26-15-7-4-8-16-26/h3-20,24,27,32-33H,21-23H2,1-2H3,(H,37,39)(H,38,41)/t27-,33-/m0/s1. The Morgan fingerprint density at radius 2 is 1.26 bits per heavy atom. The molecule has 0 aliphatic heterocycles. The zero-order valence-corrected chi connectivity index (χ0v) is 24.4. The number of nitrogens with one attached hydrogen (secondary N) is 2. The molecule has 0 spiro atoms. The van der Waals surface area contributed by atoms with Gasteiger partial charge >= 0.3 is 12.1 Å². The second kappa shape index (κ2) is 13.8. The number of alkyl carbamates (subject to hydrolysis) is 1. The number of ether oxygens (including phenoxy) is 2. The van der Waals surface area contributed by atoms with Crippen molar-refractivity contribution in [3.63, 3.8) is 0 Å². The Balaban J connectivity index is 1.22. The van der Waals surface area contributed by atoms with Crippen LogP contribution >= 0.6 is 0 Å². The third kappa shape index (κ3) is 7.30. The van der Waals surface area contributed by atoms with Crippen molar-refractivity contribution in [2.45, 2.75) is 38.3 Å². The van der Waals surface area contributed by atoms with Crippen LogP contribution in [0.5, 0.6) is 0 Å². The highest BCUT2D eigenvalue weighted by Gasteiger charge is 2.31. The molecule has 0 saturated carbocycles. The highest BCUT2D eigenvalue weighted by atomic mass is 16.5. The van der Waals surface area contributed by atoms with Gasteiger partial charge in [0, 0.05) is 5.92 Å². The lowest BCUT2D eigenvalue weighted by molar-refractivity contribution is -0.125. The van der Waals surface area contributed by atoms with Crippen LogP contribution in [-0.2, 0) is 20.7 Å². The average Bonchev–Trinajstić information content (AvgIpc) is 3.35. The number of amides is 2. The van der Waals surface area contributed by atoms with Gasteiger partial charge in [0.25, 0.3) is 0 Å². The lowest BCUT2D eigenvalue weighted by Crippen LogP contribution is -2.53. The van der Waals surface area contributed by atoms with Crippen molar-refractivity contribution in [2.75, 3.05) is 13.2 Å². The number of carbonyl (C=O) groups excluding carboxylic acids is 3. The fourth-order valence-corrected chi connectivity index (χ4v) is 5.48. The third-order valence-electron chi connectivity index (χ3n) is 7.66. The number of hydrogen-bond donors (Lipinski definition) is 2. The predicted octanol–water partition coefficient (Wildman–Crippen LogP) is 6.13. The van der Waals surface area contributed by atoms with E-state index in [2.05, 4.69) is 34.9 Å². The molecule has 4 aromatic rings. The van der Waals surface area contributed by atoms with E-state index >= 15 is 0 Å². The SMILES string of the molecule is CC(C)[C@H](NC(=O)OCC1c2ccccc2-c2ccccc21)C(=O)N[C@H](COC(=O)c1ccccc1)Cc1ccccc1. The van der Waals surface area contributed by atoms with Crippen molar-refractivity contribution in [3.05, 3.63) is 131 Å². The summed E-state index contributed by atoms with van der Waals surface area (Å²) in [7, 11) is 0. The monoisotopic (exact) mass is 576 g/mol. The largest absolute Gasteiger partial charge is 0.460 e. The topological polar surface area (TPSA) is 93.7 Å². The third-order valence-corrected chi connectivity index (χ3v) is 7.66. The molecular weight excluding hydrogens is 540 g/mol. The van der Waals surface area contributed by atoms with Crippen LogP contribution in [0.4, 0.5) is 4.79 Å². The van der Waals surface area contributed by atoms with E-state index in [-0.39, 0.29) is 31.0 Å². The normalized spacial score (nSPS) is 13.4. The fraction of sp³-hybridized carbons (Fsp3) is 0.250. The van der Waals surface area contributed by atoms with Gasteiger partial charge in [-0.3, -0.25) is 4.79 Å². The second-order valence-corrected chi connectivity index (χ2v) is 11.1. The van der Waals surface area contributed by atoms with Gasteiger partial charge < -0.3 is 20.1 Å². The molecule has 0 saturated heterocycles. The Kier molecular flexibility index (Phi) is 9.52. The molecule has 220 valence electrons. The minimum absolute atomic E-state index is 0.0237. The zero-order chi connectivity index (χ0) is 30.2. The summed E-state index contributed by atoms with van der Waals surface area (Å²) in [6.45, 7) is 3.84. The van der Waals surface area contributed by atoms with Crippen LogP contribution in [0.2, 0.25) is 0 Å². The van der Waals surface area contributed by atoms with E-state index < -0.39 is 24.1 Å². The van der Waals surface area contributed by atoms with Crippen molar-refractivity contribution in [1.29, 1.82) is 0 Å². The number of esters is 1. The van der Waals surface area contributed by atoms with E-state index in [1.165, 1.54) is 0 Å². The first-order valence-electron chi connectivity index (χ1n) is 14.6. The van der Waals surface area contributed by atoms with Crippen LogP contribution in [0.15, 0.2) is 109 Å². The molecular formula is C36H36N2O5. The molecule has 0 heterocycles. The van der Waals surface area contributed by atoms with Crippen LogP contribution in [0.1, 0.15) is 46.8 Å². The molecule has 2 amide bonds. The van der Waals surface area contributed by atoms with Crippen LogP contribution < -0.4 is 10.6 Å². The summed E-state index contributed by atoms with van der Waals surface area (Å²) in [5, 5.41) is 5.76. The van der Waals surface area contributed by atoms with Crippen LogP contribution in [-0.4, -0.2) is 43.3 Å². The molecule has 1 aliphatic carbocycles. The van der Waals surface area contributed by atoms with Crippen molar-refractivity contribution in [2.24, 2.45) is 5.92 Å². The Morgan fingerprint density at radius 3 is 1.86 bits per heavy atom. The first-order chi connectivity index (χ1) is 20.9. The zero-order valence-electron chi connectivity index (χ0n) is 24.4. The highest BCUT2D eigenvalue weighted by Crippen LogP contribution is 2.44. The van der Waals surface area contributed by atoms with Crippen molar-refractivity contribution < 1.29 is 23.9 Å². The minimum Gasteiger partial charge on any atom is -0.460 e. The molecule has 0 fully saturated rings. The molecule has 4 aromatic carbocycles. The number of fused-ring (bicyclic) bond motifs is 3. The fourth-order valence-electron chi connectivity index (χ4n) is 5.48. The van der Waals surface area contributed by atoms with E-state index in [4.69, 9.17) is 9.47 Å². The summed E-state index contributed by atoms with van der Waals surface area (Å²) in [4.78, 5) is 39.1. The van der Waals surface area contributed by atoms with Gasteiger partial charge in [-0.2, -0.15) is 0 Å². The summed E-state index contributed by atoms with van der Waals surface area (Å²) in [5.41, 5.74) is 5.93. The number of carbonyl (C=O) groups is 3. The molecule has 2 atom stereocenters. The lowest BCUT2D eigenvalue weighted by Gasteiger charge is -2.26. The first kappa shape index (κ1) is 29.6. The Bertz CT molecular complexity index is 1510. The highest BCUT2D eigenvalue weighted by molar-refractivity contribution is 5.89. The molecule has 5 rings (SSSR count). The summed E-state index contributed by atoms with van der Waals surface area (Å²) in [6.07, 6.45) is -0.212. The maximum absolute atomic E-state index is 13.5. The van der Waals surface area contributed by atoms with Gasteiger partial charge in [0.2, 0.25) is 5.91 Å². The summed E-state index contributed by atoms with van der Waals surface area (Å²) in [6, 6.07) is 33.3. The lowest BCUT2D eigenvalue weighted by atomic mass is 9.98. The van der Waals surface area contributed by atoms with Crippen molar-refractivity contribution >= 4 is 18.0 Å². The van der Waals surface area contributed by atoms with E-state index in [1.54, 1.807) is 24.3 Å². The van der Waals surface area contributed by atoms with Gasteiger partial charge in [-0.15, -0.1) is 0 Å². The molecule has 0 aromatic heterocycles. The smallest absolute Gasteiger partial charge is 0.407 e. The van der Waals surface area contributed by atoms with E-state index in [0.29, 0.717) is 12.0 Å². The van der Waals surface area contributed by atoms with Crippen molar-refractivity contribution in [1.82, 2.24) is 10.6 Å². The van der Waals surface area contributed by atoms with Gasteiger partial charge in [-0.1, -0.05) is 111 Å². The molecule has 2 N–H and O–H groups in total. The van der Waals surface area contributed by atoms with Gasteiger partial charge in [-0.05, 0) is 52.3 Å². The maximum Gasteiger partial charge on any atom is 0.407 e. The molecule has 43 heavy (non-hydrogen) atoms. The maximum atomic E-state index is 13.5. The van der Waals surface area contributed by atoms with Gasteiger partial charge in [0.05, 0.1) is 11.6 Å². The average molecular weight is 577 g/mol. The van der Waals surface area contributed by atoms with Gasteiger partial charge in [0.15, 0.2) is 0 Å². The van der Waals surface area contributed by atoms with E-state index in [0.717, 1.165) is 27.8 Å². The summed E-state index contributed by atoms with van der Waals surface area (Å²) in [5.74, 6) is -1.14. The molecule has 0 unspecified atom stereocenters. The van der Waals surface area contributed by atoms with Gasteiger partial charge in [0.1, 0.15) is 19.3 Å². The summed E-state index contributed by atoms with van der Waals surface area (Å²) < 4.78 is 11.3. The summed E-state index contributed by atoms with van der Waals surface area (Å²) >= 11 is 0. The van der Waals surface area contributed by atoms with E-state index in [1.807, 2.05) is 74.5 Å². The van der Waals surface area contributed by atoms with Gasteiger partial charge in [-0.25, -0.2) is 9.59 Å². The van der Waals surface area contributed by atoms with Crippen LogP contribution in [0, 0.1) is 5.92 Å². The number of benzene rings is 4. The molecule has 7 heteroatoms. The first-order valence-corrected chi connectivity index (χ1v) is 14.6. The Morgan fingerprint density at radius 1 is 0.698 bits per heavy atom. The van der Waals surface area contributed by atoms with Crippen LogP contribution in [0.3, 0.4) is 0 Å². The molecule has 1 aliphatic rings. The molecule has 0 bridgehead atoms.